The van der Waals surface area contributed by atoms with Gasteiger partial charge in [-0.15, -0.1) is 0 Å². The van der Waals surface area contributed by atoms with Crippen LogP contribution in [0.15, 0.2) is 11.1 Å². The van der Waals surface area contributed by atoms with E-state index in [4.69, 9.17) is 5.73 Å². The van der Waals surface area contributed by atoms with Crippen molar-refractivity contribution in [2.75, 3.05) is 18.8 Å². The summed E-state index contributed by atoms with van der Waals surface area (Å²) >= 11 is 0. The van der Waals surface area contributed by atoms with Gasteiger partial charge in [-0.25, -0.2) is 8.42 Å². The van der Waals surface area contributed by atoms with Crippen LogP contribution in [0.4, 0.5) is 5.82 Å². The van der Waals surface area contributed by atoms with Crippen molar-refractivity contribution < 1.29 is 13.5 Å². The number of nitrogen functional groups attached to an aromatic ring is 1. The molecule has 2 fully saturated rings. The van der Waals surface area contributed by atoms with Crippen molar-refractivity contribution in [3.8, 4) is 0 Å². The van der Waals surface area contributed by atoms with Crippen molar-refractivity contribution in [3.63, 3.8) is 0 Å². The first kappa shape index (κ1) is 11.0. The van der Waals surface area contributed by atoms with E-state index in [1.165, 1.54) is 10.5 Å². The Balaban J connectivity index is 1.80. The molecule has 4 N–H and O–H groups in total. The molecule has 0 aromatic carbocycles. The molecule has 1 aromatic heterocycles. The number of aliphatic hydroxyl groups is 1. The number of nitrogens with two attached hydrogens (primary N) is 1. The van der Waals surface area contributed by atoms with Crippen molar-refractivity contribution in [1.29, 1.82) is 0 Å². The fraction of sp³-hybridized carbons (Fsp3) is 0.667. The molecular weight excluding hydrogens is 244 g/mol. The minimum atomic E-state index is -3.61. The van der Waals surface area contributed by atoms with Crippen LogP contribution in [-0.4, -0.2) is 46.7 Å². The number of hydrogen-bond donors (Lipinski definition) is 3. The molecule has 2 heterocycles. The van der Waals surface area contributed by atoms with Gasteiger partial charge >= 0.3 is 0 Å². The normalized spacial score (nSPS) is 24.5. The van der Waals surface area contributed by atoms with Crippen LogP contribution in [0.5, 0.6) is 0 Å². The Morgan fingerprint density at radius 3 is 2.65 bits per heavy atom. The second-order valence-corrected chi connectivity index (χ2v) is 6.71. The van der Waals surface area contributed by atoms with E-state index in [0.717, 1.165) is 12.8 Å². The summed E-state index contributed by atoms with van der Waals surface area (Å²) in [4.78, 5) is -0.0182. The standard InChI is InChI=1S/C9H14N4O3S/c10-8-7(3-11-12-8)17(15,16)13-4-9(14,5-13)6-1-2-6/h3,6,14H,1-2,4-5H2,(H3,10,11,12). The van der Waals surface area contributed by atoms with E-state index in [1.807, 2.05) is 0 Å². The molecule has 1 saturated heterocycles. The maximum absolute atomic E-state index is 12.1. The molecule has 0 bridgehead atoms. The van der Waals surface area contributed by atoms with Gasteiger partial charge in [0.25, 0.3) is 0 Å². The molecule has 1 aliphatic carbocycles. The Kier molecular flexibility index (Phi) is 2.08. The monoisotopic (exact) mass is 258 g/mol. The molecule has 0 amide bonds. The Morgan fingerprint density at radius 1 is 1.53 bits per heavy atom. The minimum Gasteiger partial charge on any atom is -0.387 e. The Bertz CT molecular complexity index is 542. The van der Waals surface area contributed by atoms with Crippen LogP contribution in [0.25, 0.3) is 0 Å². The van der Waals surface area contributed by atoms with Crippen molar-refractivity contribution in [1.82, 2.24) is 14.5 Å². The lowest BCUT2D eigenvalue weighted by molar-refractivity contribution is -0.0764. The molecule has 0 unspecified atom stereocenters. The molecule has 0 spiro atoms. The van der Waals surface area contributed by atoms with E-state index in [1.54, 1.807) is 0 Å². The predicted molar refractivity (Wildman–Crippen MR) is 59.4 cm³/mol. The lowest BCUT2D eigenvalue weighted by Crippen LogP contribution is -2.64. The molecule has 0 radical (unpaired) electrons. The molecule has 2 aliphatic rings. The first-order valence-corrected chi connectivity index (χ1v) is 6.89. The highest BCUT2D eigenvalue weighted by molar-refractivity contribution is 7.89. The smallest absolute Gasteiger partial charge is 0.248 e. The van der Waals surface area contributed by atoms with E-state index in [9.17, 15) is 13.5 Å². The van der Waals surface area contributed by atoms with Gasteiger partial charge in [0.15, 0.2) is 0 Å². The van der Waals surface area contributed by atoms with Crippen LogP contribution in [0.3, 0.4) is 0 Å². The van der Waals surface area contributed by atoms with Gasteiger partial charge in [0.05, 0.1) is 11.8 Å². The van der Waals surface area contributed by atoms with E-state index in [0.29, 0.717) is 0 Å². The van der Waals surface area contributed by atoms with Crippen molar-refractivity contribution >= 4 is 15.8 Å². The van der Waals surface area contributed by atoms with Gasteiger partial charge in [0.1, 0.15) is 10.7 Å². The number of β-amino-alcohol motifs (C(OH)–C–C–N with tert-alkyl or cyclic N) is 1. The highest BCUT2D eigenvalue weighted by Crippen LogP contribution is 2.46. The summed E-state index contributed by atoms with van der Waals surface area (Å²) in [5, 5.41) is 16.1. The predicted octanol–water partition coefficient (Wildman–Crippen LogP) is -0.863. The van der Waals surface area contributed by atoms with Crippen LogP contribution in [0.1, 0.15) is 12.8 Å². The quantitative estimate of drug-likeness (QED) is 0.653. The molecule has 0 atom stereocenters. The van der Waals surface area contributed by atoms with E-state index < -0.39 is 15.6 Å². The largest absolute Gasteiger partial charge is 0.387 e. The zero-order chi connectivity index (χ0) is 12.3. The molecule has 8 heteroatoms. The fourth-order valence-corrected chi connectivity index (χ4v) is 3.82. The summed E-state index contributed by atoms with van der Waals surface area (Å²) in [6.45, 7) is 0.315. The van der Waals surface area contributed by atoms with E-state index in [-0.39, 0.29) is 29.7 Å². The third-order valence-electron chi connectivity index (χ3n) is 3.49. The summed E-state index contributed by atoms with van der Waals surface area (Å²) < 4.78 is 25.4. The number of aromatic nitrogens is 2. The maximum Gasteiger partial charge on any atom is 0.248 e. The van der Waals surface area contributed by atoms with Crippen molar-refractivity contribution in [3.05, 3.63) is 6.20 Å². The second kappa shape index (κ2) is 3.21. The molecule has 1 saturated carbocycles. The minimum absolute atomic E-state index is 0.0182. The van der Waals surface area contributed by atoms with Crippen LogP contribution in [0, 0.1) is 5.92 Å². The van der Waals surface area contributed by atoms with E-state index >= 15 is 0 Å². The van der Waals surface area contributed by atoms with Gasteiger partial charge in [0.2, 0.25) is 10.0 Å². The lowest BCUT2D eigenvalue weighted by Gasteiger charge is -2.45. The van der Waals surface area contributed by atoms with Gasteiger partial charge < -0.3 is 10.8 Å². The topological polar surface area (TPSA) is 112 Å². The maximum atomic E-state index is 12.1. The third-order valence-corrected chi connectivity index (χ3v) is 5.31. The van der Waals surface area contributed by atoms with Gasteiger partial charge in [-0.3, -0.25) is 5.10 Å². The number of nitrogens with one attached hydrogen (secondary N) is 1. The van der Waals surface area contributed by atoms with Crippen LogP contribution >= 0.6 is 0 Å². The summed E-state index contributed by atoms with van der Waals surface area (Å²) in [5.74, 6) is 0.294. The Morgan fingerprint density at radius 2 is 2.18 bits per heavy atom. The second-order valence-electron chi connectivity index (χ2n) is 4.80. The number of nitrogens with zero attached hydrogens (tertiary/aromatic N) is 2. The molecule has 1 aliphatic heterocycles. The molecular formula is C9H14N4O3S. The lowest BCUT2D eigenvalue weighted by atomic mass is 9.91. The van der Waals surface area contributed by atoms with Gasteiger partial charge in [-0.2, -0.15) is 9.40 Å². The first-order valence-electron chi connectivity index (χ1n) is 5.45. The van der Waals surface area contributed by atoms with E-state index in [2.05, 4.69) is 10.2 Å². The number of aromatic amines is 1. The Labute approximate surface area is 98.7 Å². The molecule has 1 aromatic rings. The zero-order valence-electron chi connectivity index (χ0n) is 9.13. The number of anilines is 1. The summed E-state index contributed by atoms with van der Waals surface area (Å²) in [6.07, 6.45) is 3.16. The van der Waals surface area contributed by atoms with Gasteiger partial charge in [0, 0.05) is 13.1 Å². The van der Waals surface area contributed by atoms with Crippen LogP contribution in [-0.2, 0) is 10.0 Å². The zero-order valence-corrected chi connectivity index (χ0v) is 9.94. The summed E-state index contributed by atoms with van der Waals surface area (Å²) in [5.41, 5.74) is 4.67. The van der Waals surface area contributed by atoms with Crippen molar-refractivity contribution in [2.24, 2.45) is 5.92 Å². The fourth-order valence-electron chi connectivity index (χ4n) is 2.24. The first-order chi connectivity index (χ1) is 7.93. The number of H-pyrrole nitrogens is 1. The average molecular weight is 258 g/mol. The number of hydrogen-bond acceptors (Lipinski definition) is 5. The van der Waals surface area contributed by atoms with Crippen LogP contribution < -0.4 is 5.73 Å². The summed E-state index contributed by atoms with van der Waals surface area (Å²) in [7, 11) is -3.61. The average Bonchev–Trinajstić information content (AvgIpc) is 2.97. The molecule has 7 nitrogen and oxygen atoms in total. The van der Waals surface area contributed by atoms with Gasteiger partial charge in [-0.05, 0) is 18.8 Å². The number of sulfonamides is 1. The van der Waals surface area contributed by atoms with Crippen molar-refractivity contribution in [2.45, 2.75) is 23.3 Å². The van der Waals surface area contributed by atoms with Crippen LogP contribution in [0.2, 0.25) is 0 Å². The SMILES string of the molecule is Nc1[nH]ncc1S(=O)(=O)N1CC(O)(C2CC2)C1. The van der Waals surface area contributed by atoms with Gasteiger partial charge in [-0.1, -0.05) is 0 Å². The number of rotatable bonds is 3. The molecule has 3 rings (SSSR count). The molecule has 94 valence electrons. The third kappa shape index (κ3) is 1.55. The Hall–Kier alpha value is -1.12. The highest BCUT2D eigenvalue weighted by atomic mass is 32.2. The molecule has 17 heavy (non-hydrogen) atoms. The highest BCUT2D eigenvalue weighted by Gasteiger charge is 2.55. The summed E-state index contributed by atoms with van der Waals surface area (Å²) in [6, 6.07) is 0.